The molecule has 0 saturated carbocycles. The number of hydrogen-bond acceptors (Lipinski definition) is 3. The first kappa shape index (κ1) is 23.3. The monoisotopic (exact) mass is 460 g/mol. The van der Waals surface area contributed by atoms with Crippen LogP contribution in [-0.2, 0) is 31.7 Å². The first-order valence-corrected chi connectivity index (χ1v) is 10.6. The summed E-state index contributed by atoms with van der Waals surface area (Å²) in [5.74, 6) is 1.13. The van der Waals surface area contributed by atoms with Crippen molar-refractivity contribution in [2.75, 3.05) is 25.1 Å². The van der Waals surface area contributed by atoms with Crippen LogP contribution in [0.25, 0.3) is 0 Å². The van der Waals surface area contributed by atoms with Crippen molar-refractivity contribution in [3.05, 3.63) is 96.7 Å². The van der Waals surface area contributed by atoms with Crippen molar-refractivity contribution < 1.29 is 26.3 Å². The molecule has 0 aromatic heterocycles. The fourth-order valence-corrected chi connectivity index (χ4v) is 4.95. The van der Waals surface area contributed by atoms with Crippen LogP contribution in [0.4, 0.5) is 5.69 Å². The standard InChI is InChI=1S/C21H24N2O2.C5H5.Co/c1-3-11-22-12-10-21-14-16(25-2)13-15-8-9-19(24)23(20(15)21)18-7-5-4-6-17(18)21;1-2-4-5-3-1;/h3-7,13-14,20,22H,1,8-12H2,2H3;1-5H;. The molecule has 1 aromatic carbocycles. The van der Waals surface area contributed by atoms with E-state index in [0.29, 0.717) is 6.42 Å². The fourth-order valence-electron chi connectivity index (χ4n) is 4.95. The van der Waals surface area contributed by atoms with Gasteiger partial charge < -0.3 is 15.0 Å². The van der Waals surface area contributed by atoms with E-state index in [1.807, 2.05) is 47.8 Å². The van der Waals surface area contributed by atoms with Crippen LogP contribution in [0.3, 0.4) is 0 Å². The largest absolute Gasteiger partial charge is 0.497 e. The second-order valence-electron chi connectivity index (χ2n) is 7.90. The zero-order valence-corrected chi connectivity index (χ0v) is 18.9. The van der Waals surface area contributed by atoms with Crippen molar-refractivity contribution in [1.82, 2.24) is 5.32 Å². The van der Waals surface area contributed by atoms with Crippen LogP contribution in [-0.4, -0.2) is 32.1 Å². The number of amides is 1. The Hall–Kier alpha value is -2.34. The minimum absolute atomic E-state index is 0. The Morgan fingerprint density at radius 2 is 2.00 bits per heavy atom. The van der Waals surface area contributed by atoms with Gasteiger partial charge in [-0.3, -0.25) is 4.79 Å². The molecular weight excluding hydrogens is 431 g/mol. The van der Waals surface area contributed by atoms with E-state index in [2.05, 4.69) is 42.2 Å². The maximum Gasteiger partial charge on any atom is 0.227 e. The molecule has 164 valence electrons. The molecular formula is C26H29CoN2O2. The summed E-state index contributed by atoms with van der Waals surface area (Å²) in [6.45, 7) is 5.42. The Bertz CT molecular complexity index is 936. The molecule has 2 atom stereocenters. The smallest absolute Gasteiger partial charge is 0.227 e. The van der Waals surface area contributed by atoms with Gasteiger partial charge in [-0.15, -0.1) is 6.58 Å². The van der Waals surface area contributed by atoms with E-state index in [9.17, 15) is 4.79 Å². The van der Waals surface area contributed by atoms with E-state index in [-0.39, 0.29) is 34.1 Å². The van der Waals surface area contributed by atoms with E-state index in [4.69, 9.17) is 4.74 Å². The predicted octanol–water partition coefficient (Wildman–Crippen LogP) is 4.38. The number of para-hydroxylation sites is 1. The number of rotatable bonds is 6. The van der Waals surface area contributed by atoms with Gasteiger partial charge in [0.05, 0.1) is 13.2 Å². The Balaban J connectivity index is 0.000000401. The van der Waals surface area contributed by atoms with Crippen LogP contribution >= 0.6 is 0 Å². The SMILES string of the molecule is C=CCNCCC12C=C(OC)C=C3CCC(=O)N(c4ccccc41)C32.[CH]1C=CC=C1.[Co]. The molecule has 1 saturated heterocycles. The molecule has 1 aromatic rings. The summed E-state index contributed by atoms with van der Waals surface area (Å²) in [6, 6.07) is 8.41. The number of fused-ring (bicyclic) bond motifs is 3. The molecule has 0 spiro atoms. The predicted molar refractivity (Wildman–Crippen MR) is 122 cm³/mol. The van der Waals surface area contributed by atoms with Gasteiger partial charge in [-0.05, 0) is 48.7 Å². The number of nitrogens with one attached hydrogen (secondary N) is 1. The molecule has 4 aliphatic rings. The minimum atomic E-state index is -0.226. The number of nitrogens with zero attached hydrogens (tertiary/aromatic N) is 1. The third-order valence-corrected chi connectivity index (χ3v) is 6.18. The number of methoxy groups -OCH3 is 1. The summed E-state index contributed by atoms with van der Waals surface area (Å²) in [5, 5.41) is 3.42. The number of benzene rings is 1. The number of carbonyl (C=O) groups excluding carboxylic acids is 1. The van der Waals surface area contributed by atoms with Crippen LogP contribution in [0.5, 0.6) is 0 Å². The van der Waals surface area contributed by atoms with Crippen molar-refractivity contribution in [1.29, 1.82) is 0 Å². The van der Waals surface area contributed by atoms with Gasteiger partial charge in [-0.25, -0.2) is 0 Å². The number of anilines is 1. The second-order valence-corrected chi connectivity index (χ2v) is 7.90. The quantitative estimate of drug-likeness (QED) is 0.506. The number of carbonyl (C=O) groups is 1. The molecule has 2 aliphatic carbocycles. The third kappa shape index (κ3) is 4.35. The van der Waals surface area contributed by atoms with E-state index in [1.54, 1.807) is 7.11 Å². The molecule has 2 radical (unpaired) electrons. The third-order valence-electron chi connectivity index (χ3n) is 6.18. The van der Waals surface area contributed by atoms with Crippen molar-refractivity contribution in [2.45, 2.75) is 30.7 Å². The van der Waals surface area contributed by atoms with Crippen molar-refractivity contribution in [3.8, 4) is 0 Å². The van der Waals surface area contributed by atoms with E-state index in [1.165, 1.54) is 11.1 Å². The number of allylic oxidation sites excluding steroid dienone is 5. The van der Waals surface area contributed by atoms with Gasteiger partial charge in [-0.1, -0.05) is 48.6 Å². The maximum atomic E-state index is 12.8. The Labute approximate surface area is 195 Å². The minimum Gasteiger partial charge on any atom is -0.497 e. The fraction of sp³-hybridized carbons (Fsp3) is 0.308. The van der Waals surface area contributed by atoms with Crippen LogP contribution in [0, 0.1) is 6.42 Å². The van der Waals surface area contributed by atoms with Gasteiger partial charge in [0.1, 0.15) is 5.76 Å². The van der Waals surface area contributed by atoms with E-state index >= 15 is 0 Å². The number of piperidine rings is 1. The van der Waals surface area contributed by atoms with Gasteiger partial charge in [0.2, 0.25) is 5.91 Å². The molecule has 4 nitrogen and oxygen atoms in total. The Kier molecular flexibility index (Phi) is 7.76. The van der Waals surface area contributed by atoms with Crippen LogP contribution in [0.1, 0.15) is 24.8 Å². The summed E-state index contributed by atoms with van der Waals surface area (Å²) in [6.07, 6.45) is 18.5. The van der Waals surface area contributed by atoms with Crippen LogP contribution in [0.15, 0.2) is 84.7 Å². The molecule has 2 aliphatic heterocycles. The van der Waals surface area contributed by atoms with Gasteiger partial charge in [0.25, 0.3) is 0 Å². The summed E-state index contributed by atoms with van der Waals surface area (Å²) in [5.41, 5.74) is 3.37. The van der Waals surface area contributed by atoms with E-state index < -0.39 is 0 Å². The van der Waals surface area contributed by atoms with Gasteiger partial charge in [0, 0.05) is 47.3 Å². The average Bonchev–Trinajstić information content (AvgIpc) is 3.44. The summed E-state index contributed by atoms with van der Waals surface area (Å²) in [4.78, 5) is 14.8. The maximum absolute atomic E-state index is 12.8. The molecule has 1 amide bonds. The molecule has 5 rings (SSSR count). The van der Waals surface area contributed by atoms with Crippen molar-refractivity contribution >= 4 is 11.6 Å². The summed E-state index contributed by atoms with van der Waals surface area (Å²) >= 11 is 0. The number of ether oxygens (including phenoxy) is 1. The first-order valence-electron chi connectivity index (χ1n) is 10.6. The van der Waals surface area contributed by atoms with Crippen LogP contribution in [0.2, 0.25) is 0 Å². The zero-order chi connectivity index (χ0) is 21.0. The second kappa shape index (κ2) is 10.3. The summed E-state index contributed by atoms with van der Waals surface area (Å²) < 4.78 is 5.63. The van der Waals surface area contributed by atoms with E-state index in [0.717, 1.165) is 37.4 Å². The molecule has 0 bridgehead atoms. The Morgan fingerprint density at radius 3 is 2.68 bits per heavy atom. The van der Waals surface area contributed by atoms with Gasteiger partial charge >= 0.3 is 0 Å². The number of hydrogen-bond donors (Lipinski definition) is 1. The van der Waals surface area contributed by atoms with Crippen molar-refractivity contribution in [2.24, 2.45) is 0 Å². The molecule has 2 heterocycles. The van der Waals surface area contributed by atoms with Gasteiger partial charge in [0.15, 0.2) is 0 Å². The normalized spacial score (nSPS) is 24.2. The topological polar surface area (TPSA) is 41.6 Å². The summed E-state index contributed by atoms with van der Waals surface area (Å²) in [7, 11) is 1.72. The van der Waals surface area contributed by atoms with Gasteiger partial charge in [-0.2, -0.15) is 0 Å². The Morgan fingerprint density at radius 1 is 1.23 bits per heavy atom. The molecule has 1 fully saturated rings. The molecule has 1 N–H and O–H groups in total. The molecule has 31 heavy (non-hydrogen) atoms. The van der Waals surface area contributed by atoms with Crippen molar-refractivity contribution in [3.63, 3.8) is 0 Å². The van der Waals surface area contributed by atoms with Crippen LogP contribution < -0.4 is 10.2 Å². The molecule has 5 heteroatoms. The average molecular weight is 460 g/mol. The zero-order valence-electron chi connectivity index (χ0n) is 17.8. The first-order chi connectivity index (χ1) is 14.7. The molecule has 2 unspecified atom stereocenters.